The first kappa shape index (κ1) is 19.3. The highest BCUT2D eigenvalue weighted by atomic mass is 35.5. The molecule has 0 spiro atoms. The van der Waals surface area contributed by atoms with Gasteiger partial charge in [-0.3, -0.25) is 19.9 Å². The van der Waals surface area contributed by atoms with Gasteiger partial charge >= 0.3 is 0 Å². The molecule has 4 rings (SSSR count). The number of nitro groups is 1. The minimum atomic E-state index is -0.576. The summed E-state index contributed by atoms with van der Waals surface area (Å²) in [6, 6.07) is 13.0. The molecule has 0 saturated heterocycles. The SMILES string of the molecule is O=C(C=Cc1ccc(Cl)c([N+](=O)[O-])c1)Nc1ccc2oc(-c3ccncc3)nc2c1. The summed E-state index contributed by atoms with van der Waals surface area (Å²) in [6.45, 7) is 0. The maximum absolute atomic E-state index is 12.2. The standard InChI is InChI=1S/C21H13ClN4O4/c22-16-4-1-13(11-18(16)26(28)29)2-6-20(27)24-15-3-5-19-17(12-15)25-21(30-19)14-7-9-23-10-8-14/h1-12H,(H,24,27). The number of rotatable bonds is 5. The second-order valence-corrected chi connectivity index (χ2v) is 6.64. The molecule has 148 valence electrons. The van der Waals surface area contributed by atoms with Crippen LogP contribution in [-0.2, 0) is 4.79 Å². The van der Waals surface area contributed by atoms with E-state index in [2.05, 4.69) is 15.3 Å². The summed E-state index contributed by atoms with van der Waals surface area (Å²) in [5.41, 5.74) is 2.78. The first-order chi connectivity index (χ1) is 14.5. The van der Waals surface area contributed by atoms with Crippen LogP contribution in [0, 0.1) is 10.1 Å². The third-order valence-electron chi connectivity index (χ3n) is 4.18. The van der Waals surface area contributed by atoms with Gasteiger partial charge in [-0.1, -0.05) is 17.7 Å². The predicted octanol–water partition coefficient (Wildman–Crippen LogP) is 5.10. The number of fused-ring (bicyclic) bond motifs is 1. The lowest BCUT2D eigenvalue weighted by atomic mass is 10.2. The molecule has 0 aliphatic rings. The van der Waals surface area contributed by atoms with E-state index in [1.807, 2.05) is 0 Å². The zero-order valence-corrected chi connectivity index (χ0v) is 16.0. The topological polar surface area (TPSA) is 111 Å². The van der Waals surface area contributed by atoms with Gasteiger partial charge in [0.1, 0.15) is 10.5 Å². The fourth-order valence-corrected chi connectivity index (χ4v) is 2.94. The van der Waals surface area contributed by atoms with Gasteiger partial charge in [0.05, 0.1) is 4.92 Å². The van der Waals surface area contributed by atoms with Crippen LogP contribution in [0.2, 0.25) is 5.02 Å². The number of amides is 1. The van der Waals surface area contributed by atoms with E-state index in [4.69, 9.17) is 16.0 Å². The Kier molecular flexibility index (Phi) is 5.23. The van der Waals surface area contributed by atoms with E-state index in [0.29, 0.717) is 28.2 Å². The Morgan fingerprint density at radius 3 is 2.70 bits per heavy atom. The zero-order chi connectivity index (χ0) is 21.1. The van der Waals surface area contributed by atoms with Gasteiger partial charge in [-0.05, 0) is 48.0 Å². The minimum Gasteiger partial charge on any atom is -0.436 e. The Balaban J connectivity index is 1.50. The van der Waals surface area contributed by atoms with Crippen LogP contribution in [0.3, 0.4) is 0 Å². The van der Waals surface area contributed by atoms with Crippen molar-refractivity contribution in [1.29, 1.82) is 0 Å². The summed E-state index contributed by atoms with van der Waals surface area (Å²) in [5.74, 6) is 0.0601. The molecule has 2 aromatic carbocycles. The van der Waals surface area contributed by atoms with E-state index in [9.17, 15) is 14.9 Å². The van der Waals surface area contributed by atoms with Crippen LogP contribution in [-0.4, -0.2) is 20.8 Å². The molecule has 30 heavy (non-hydrogen) atoms. The molecule has 0 unspecified atom stereocenters. The van der Waals surface area contributed by atoms with Crippen LogP contribution in [0.5, 0.6) is 0 Å². The van der Waals surface area contributed by atoms with Crippen LogP contribution in [0.1, 0.15) is 5.56 Å². The number of nitrogens with zero attached hydrogens (tertiary/aromatic N) is 3. The van der Waals surface area contributed by atoms with Crippen molar-refractivity contribution in [3.05, 3.63) is 87.7 Å². The third kappa shape index (κ3) is 4.18. The number of aromatic nitrogens is 2. The van der Waals surface area contributed by atoms with E-state index < -0.39 is 10.8 Å². The molecule has 0 saturated carbocycles. The van der Waals surface area contributed by atoms with E-state index in [0.717, 1.165) is 5.56 Å². The van der Waals surface area contributed by atoms with Gasteiger partial charge in [0.15, 0.2) is 5.58 Å². The van der Waals surface area contributed by atoms with Crippen molar-refractivity contribution in [3.8, 4) is 11.5 Å². The number of halogens is 1. The largest absolute Gasteiger partial charge is 0.436 e. The highest BCUT2D eigenvalue weighted by Crippen LogP contribution is 2.27. The highest BCUT2D eigenvalue weighted by molar-refractivity contribution is 6.32. The second-order valence-electron chi connectivity index (χ2n) is 6.23. The van der Waals surface area contributed by atoms with E-state index in [-0.39, 0.29) is 10.7 Å². The van der Waals surface area contributed by atoms with E-state index >= 15 is 0 Å². The molecule has 2 heterocycles. The average Bonchev–Trinajstić information content (AvgIpc) is 3.17. The third-order valence-corrected chi connectivity index (χ3v) is 4.50. The van der Waals surface area contributed by atoms with Crippen molar-refractivity contribution in [3.63, 3.8) is 0 Å². The van der Waals surface area contributed by atoms with Gasteiger partial charge < -0.3 is 9.73 Å². The van der Waals surface area contributed by atoms with Crippen LogP contribution < -0.4 is 5.32 Å². The lowest BCUT2D eigenvalue weighted by molar-refractivity contribution is -0.384. The van der Waals surface area contributed by atoms with Crippen molar-refractivity contribution in [2.45, 2.75) is 0 Å². The van der Waals surface area contributed by atoms with Crippen molar-refractivity contribution in [2.24, 2.45) is 0 Å². The summed E-state index contributed by atoms with van der Waals surface area (Å²) in [4.78, 5) is 31.0. The molecule has 8 nitrogen and oxygen atoms in total. The number of pyridine rings is 1. The maximum atomic E-state index is 12.2. The summed E-state index contributed by atoms with van der Waals surface area (Å²) in [6.07, 6.45) is 6.05. The number of anilines is 1. The summed E-state index contributed by atoms with van der Waals surface area (Å²) >= 11 is 5.79. The molecular formula is C21H13ClN4O4. The quantitative estimate of drug-likeness (QED) is 0.273. The smallest absolute Gasteiger partial charge is 0.288 e. The van der Waals surface area contributed by atoms with Crippen LogP contribution >= 0.6 is 11.6 Å². The van der Waals surface area contributed by atoms with Crippen LogP contribution in [0.4, 0.5) is 11.4 Å². The van der Waals surface area contributed by atoms with Crippen molar-refractivity contribution >= 4 is 46.1 Å². The fraction of sp³-hybridized carbons (Fsp3) is 0. The number of carbonyl (C=O) groups is 1. The molecule has 1 N–H and O–H groups in total. The van der Waals surface area contributed by atoms with E-state index in [1.165, 1.54) is 24.3 Å². The zero-order valence-electron chi connectivity index (χ0n) is 15.3. The summed E-state index contributed by atoms with van der Waals surface area (Å²) in [5, 5.41) is 13.7. The van der Waals surface area contributed by atoms with E-state index in [1.54, 1.807) is 48.8 Å². The Morgan fingerprint density at radius 2 is 1.93 bits per heavy atom. The first-order valence-electron chi connectivity index (χ1n) is 8.73. The Morgan fingerprint density at radius 1 is 1.13 bits per heavy atom. The number of hydrogen-bond acceptors (Lipinski definition) is 6. The van der Waals surface area contributed by atoms with Gasteiger partial charge in [-0.2, -0.15) is 0 Å². The van der Waals surface area contributed by atoms with Crippen molar-refractivity contribution in [1.82, 2.24) is 9.97 Å². The molecular weight excluding hydrogens is 408 g/mol. The number of hydrogen-bond donors (Lipinski definition) is 1. The Hall–Kier alpha value is -4.04. The molecule has 0 aliphatic carbocycles. The first-order valence-corrected chi connectivity index (χ1v) is 9.11. The second kappa shape index (κ2) is 8.14. The van der Waals surface area contributed by atoms with Crippen LogP contribution in [0.15, 0.2) is 71.4 Å². The van der Waals surface area contributed by atoms with Gasteiger partial charge in [0.25, 0.3) is 5.69 Å². The number of benzene rings is 2. The monoisotopic (exact) mass is 420 g/mol. The summed E-state index contributed by atoms with van der Waals surface area (Å²) < 4.78 is 5.73. The molecule has 0 radical (unpaired) electrons. The molecule has 2 aromatic heterocycles. The fourth-order valence-electron chi connectivity index (χ4n) is 2.75. The van der Waals surface area contributed by atoms with Gasteiger partial charge in [0.2, 0.25) is 11.8 Å². The number of nitrogens with one attached hydrogen (secondary N) is 1. The van der Waals surface area contributed by atoms with Gasteiger partial charge in [-0.25, -0.2) is 4.98 Å². The molecule has 1 amide bonds. The van der Waals surface area contributed by atoms with Crippen LogP contribution in [0.25, 0.3) is 28.6 Å². The minimum absolute atomic E-state index is 0.0358. The van der Waals surface area contributed by atoms with Gasteiger partial charge in [0, 0.05) is 35.8 Å². The molecule has 4 aromatic rings. The number of oxazole rings is 1. The number of nitro benzene ring substituents is 1. The van der Waals surface area contributed by atoms with Crippen molar-refractivity contribution < 1.29 is 14.1 Å². The molecule has 0 fully saturated rings. The Bertz CT molecular complexity index is 1280. The highest BCUT2D eigenvalue weighted by Gasteiger charge is 2.12. The summed E-state index contributed by atoms with van der Waals surface area (Å²) in [7, 11) is 0. The molecule has 9 heteroatoms. The lowest BCUT2D eigenvalue weighted by Gasteiger charge is -2.01. The lowest BCUT2D eigenvalue weighted by Crippen LogP contribution is -2.07. The van der Waals surface area contributed by atoms with Crippen molar-refractivity contribution in [2.75, 3.05) is 5.32 Å². The molecule has 0 bridgehead atoms. The number of carbonyl (C=O) groups excluding carboxylic acids is 1. The molecule has 0 atom stereocenters. The molecule has 0 aliphatic heterocycles. The van der Waals surface area contributed by atoms with Gasteiger partial charge in [-0.15, -0.1) is 0 Å². The normalized spacial score (nSPS) is 11.1. The average molecular weight is 421 g/mol. The Labute approximate surface area is 175 Å². The predicted molar refractivity (Wildman–Crippen MR) is 113 cm³/mol. The maximum Gasteiger partial charge on any atom is 0.288 e.